The van der Waals surface area contributed by atoms with Gasteiger partial charge >= 0.3 is 0 Å². The van der Waals surface area contributed by atoms with Crippen molar-refractivity contribution in [2.45, 2.75) is 5.41 Å². The van der Waals surface area contributed by atoms with Crippen LogP contribution in [0.15, 0.2) is 241 Å². The molecule has 12 aromatic rings. The van der Waals surface area contributed by atoms with Crippen molar-refractivity contribution in [3.8, 4) is 28.3 Å². The zero-order chi connectivity index (χ0) is 42.2. The van der Waals surface area contributed by atoms with Crippen LogP contribution in [-0.2, 0) is 5.41 Å². The van der Waals surface area contributed by atoms with Gasteiger partial charge in [-0.05, 0) is 111 Å². The minimum atomic E-state index is -0.570. The molecule has 1 aliphatic rings. The van der Waals surface area contributed by atoms with Crippen molar-refractivity contribution in [3.05, 3.63) is 259 Å². The second-order valence-corrected chi connectivity index (χ2v) is 16.7. The lowest BCUT2D eigenvalue weighted by atomic mass is 9.67. The summed E-state index contributed by atoms with van der Waals surface area (Å²) in [5.74, 6) is 0.588. The van der Waals surface area contributed by atoms with Crippen LogP contribution in [0.25, 0.3) is 71.9 Å². The molecule has 300 valence electrons. The number of para-hydroxylation sites is 2. The molecule has 0 fully saturated rings. The van der Waals surface area contributed by atoms with E-state index in [-0.39, 0.29) is 0 Å². The number of benzene rings is 10. The molecule has 0 aliphatic heterocycles. The Hall–Kier alpha value is -8.47. The van der Waals surface area contributed by atoms with Gasteiger partial charge in [0.1, 0.15) is 5.52 Å². The van der Waals surface area contributed by atoms with Crippen LogP contribution >= 0.6 is 0 Å². The Morgan fingerprint density at radius 2 is 1.09 bits per heavy atom. The van der Waals surface area contributed by atoms with Gasteiger partial charge in [0.15, 0.2) is 5.58 Å². The van der Waals surface area contributed by atoms with Crippen LogP contribution in [0.1, 0.15) is 22.3 Å². The molecular formula is C60H39N3O. The average molecular weight is 818 g/mol. The molecule has 0 amide bonds. The number of fused-ring (bicyclic) bond motifs is 9. The van der Waals surface area contributed by atoms with E-state index in [1.54, 1.807) is 0 Å². The third-order valence-electron chi connectivity index (χ3n) is 13.3. The molecule has 2 aromatic heterocycles. The normalized spacial score (nSPS) is 12.8. The van der Waals surface area contributed by atoms with Crippen LogP contribution in [-0.4, -0.2) is 9.55 Å². The molecule has 0 unspecified atom stereocenters. The highest BCUT2D eigenvalue weighted by atomic mass is 16.3. The van der Waals surface area contributed by atoms with E-state index in [0.29, 0.717) is 5.89 Å². The third kappa shape index (κ3) is 5.33. The number of nitrogens with zero attached hydrogens (tertiary/aromatic N) is 3. The van der Waals surface area contributed by atoms with Crippen LogP contribution in [0.5, 0.6) is 0 Å². The Morgan fingerprint density at radius 1 is 0.453 bits per heavy atom. The van der Waals surface area contributed by atoms with Crippen LogP contribution < -0.4 is 4.90 Å². The molecule has 4 heteroatoms. The van der Waals surface area contributed by atoms with E-state index in [1.165, 1.54) is 60.4 Å². The summed E-state index contributed by atoms with van der Waals surface area (Å²) < 4.78 is 9.25. The summed E-state index contributed by atoms with van der Waals surface area (Å²) in [6, 6.07) is 85.3. The van der Waals surface area contributed by atoms with Gasteiger partial charge in [-0.3, -0.25) is 0 Å². The fraction of sp³-hybridized carbons (Fsp3) is 0.0167. The van der Waals surface area contributed by atoms with Crippen molar-refractivity contribution in [1.82, 2.24) is 9.55 Å². The van der Waals surface area contributed by atoms with Crippen molar-refractivity contribution in [1.29, 1.82) is 0 Å². The van der Waals surface area contributed by atoms with Crippen LogP contribution in [0.2, 0.25) is 0 Å². The van der Waals surface area contributed by atoms with E-state index in [1.807, 2.05) is 36.4 Å². The second-order valence-electron chi connectivity index (χ2n) is 16.7. The van der Waals surface area contributed by atoms with Gasteiger partial charge in [0.05, 0.1) is 22.1 Å². The first-order valence-corrected chi connectivity index (χ1v) is 21.9. The number of hydrogen-bond acceptors (Lipinski definition) is 3. The highest BCUT2D eigenvalue weighted by molar-refractivity contribution is 6.22. The Balaban J connectivity index is 1.11. The molecule has 13 rings (SSSR count). The van der Waals surface area contributed by atoms with Crippen LogP contribution in [0.4, 0.5) is 17.1 Å². The standard InChI is InChI=1S/C60H39N3O/c1-4-19-41(20-5-1)59-61-53-32-17-33-55(58(53)64-59)62(46-35-36-50-56(39-46)63(44-24-8-3-9-25-44)54-37-34-40-18-10-11-27-47(40)57(50)54)45-26-16-23-43(38-45)60(42-21-6-2-7-22-42)51-30-14-12-28-48(51)49-29-13-15-31-52(49)60/h1-39H. The Kier molecular flexibility index (Phi) is 8.09. The monoisotopic (exact) mass is 817 g/mol. The molecule has 0 radical (unpaired) electrons. The number of rotatable bonds is 7. The molecule has 10 aromatic carbocycles. The first-order chi connectivity index (χ1) is 31.8. The Morgan fingerprint density at radius 3 is 1.88 bits per heavy atom. The largest absolute Gasteiger partial charge is 0.434 e. The number of anilines is 3. The van der Waals surface area contributed by atoms with Crippen LogP contribution in [0, 0.1) is 0 Å². The van der Waals surface area contributed by atoms with Gasteiger partial charge < -0.3 is 13.9 Å². The van der Waals surface area contributed by atoms with Crippen molar-refractivity contribution in [3.63, 3.8) is 0 Å². The van der Waals surface area contributed by atoms with E-state index in [9.17, 15) is 0 Å². The molecule has 0 saturated carbocycles. The minimum absolute atomic E-state index is 0.570. The molecule has 4 nitrogen and oxygen atoms in total. The predicted octanol–water partition coefficient (Wildman–Crippen LogP) is 15.6. The van der Waals surface area contributed by atoms with Gasteiger partial charge in [-0.15, -0.1) is 0 Å². The molecule has 0 saturated heterocycles. The molecule has 0 bridgehead atoms. The summed E-state index contributed by atoms with van der Waals surface area (Å²) in [5.41, 5.74) is 15.6. The van der Waals surface area contributed by atoms with E-state index >= 15 is 0 Å². The molecule has 0 atom stereocenters. The maximum atomic E-state index is 6.84. The van der Waals surface area contributed by atoms with E-state index in [2.05, 4.69) is 210 Å². The molecule has 1 aliphatic carbocycles. The fourth-order valence-corrected chi connectivity index (χ4v) is 10.6. The topological polar surface area (TPSA) is 34.2 Å². The third-order valence-corrected chi connectivity index (χ3v) is 13.3. The maximum Gasteiger partial charge on any atom is 0.227 e. The zero-order valence-corrected chi connectivity index (χ0v) is 34.8. The van der Waals surface area contributed by atoms with E-state index in [0.717, 1.165) is 44.9 Å². The average Bonchev–Trinajstić information content (AvgIpc) is 4.05. The van der Waals surface area contributed by atoms with Gasteiger partial charge in [-0.1, -0.05) is 170 Å². The van der Waals surface area contributed by atoms with E-state index < -0.39 is 5.41 Å². The number of aromatic nitrogens is 2. The SMILES string of the molecule is c1ccc(-c2nc3cccc(N(c4cccc(C5(c6ccccc6)c6ccccc6-c6ccccc65)c4)c4ccc5c6c7ccccc7ccc6n(-c6ccccc6)c5c4)c3o2)cc1. The van der Waals surface area contributed by atoms with Gasteiger partial charge in [0.25, 0.3) is 0 Å². The van der Waals surface area contributed by atoms with Crippen molar-refractivity contribution >= 4 is 60.7 Å². The lowest BCUT2D eigenvalue weighted by molar-refractivity contribution is 0.620. The predicted molar refractivity (Wildman–Crippen MR) is 263 cm³/mol. The second kappa shape index (κ2) is 14.3. The van der Waals surface area contributed by atoms with Gasteiger partial charge in [0.2, 0.25) is 5.89 Å². The van der Waals surface area contributed by atoms with Gasteiger partial charge in [-0.2, -0.15) is 0 Å². The maximum absolute atomic E-state index is 6.84. The molecule has 64 heavy (non-hydrogen) atoms. The zero-order valence-electron chi connectivity index (χ0n) is 34.8. The summed E-state index contributed by atoms with van der Waals surface area (Å²) in [4.78, 5) is 7.42. The molecule has 0 spiro atoms. The Labute approximate surface area is 370 Å². The van der Waals surface area contributed by atoms with Crippen molar-refractivity contribution < 1.29 is 4.42 Å². The number of hydrogen-bond donors (Lipinski definition) is 0. The van der Waals surface area contributed by atoms with Gasteiger partial charge in [-0.25, -0.2) is 4.98 Å². The fourth-order valence-electron chi connectivity index (χ4n) is 10.6. The van der Waals surface area contributed by atoms with Crippen LogP contribution in [0.3, 0.4) is 0 Å². The summed E-state index contributed by atoms with van der Waals surface area (Å²) in [6.45, 7) is 0. The smallest absolute Gasteiger partial charge is 0.227 e. The van der Waals surface area contributed by atoms with Gasteiger partial charge in [0, 0.05) is 33.4 Å². The van der Waals surface area contributed by atoms with Crippen molar-refractivity contribution in [2.24, 2.45) is 0 Å². The first kappa shape index (κ1) is 36.2. The summed E-state index contributed by atoms with van der Waals surface area (Å²) in [7, 11) is 0. The summed E-state index contributed by atoms with van der Waals surface area (Å²) >= 11 is 0. The van der Waals surface area contributed by atoms with Crippen molar-refractivity contribution in [2.75, 3.05) is 4.90 Å². The lowest BCUT2D eigenvalue weighted by Gasteiger charge is -2.35. The first-order valence-electron chi connectivity index (χ1n) is 21.9. The molecule has 0 N–H and O–H groups in total. The Bertz CT molecular complexity index is 3690. The highest BCUT2D eigenvalue weighted by Gasteiger charge is 2.46. The number of oxazole rings is 1. The summed E-state index contributed by atoms with van der Waals surface area (Å²) in [5, 5.41) is 4.89. The highest BCUT2D eigenvalue weighted by Crippen LogP contribution is 2.57. The summed E-state index contributed by atoms with van der Waals surface area (Å²) in [6.07, 6.45) is 0. The quantitative estimate of drug-likeness (QED) is 0.161. The molecular weight excluding hydrogens is 779 g/mol. The molecule has 2 heterocycles. The lowest BCUT2D eigenvalue weighted by Crippen LogP contribution is -2.28. The van der Waals surface area contributed by atoms with E-state index in [4.69, 9.17) is 9.40 Å². The minimum Gasteiger partial charge on any atom is -0.434 e.